The van der Waals surface area contributed by atoms with E-state index in [4.69, 9.17) is 10.5 Å². The Morgan fingerprint density at radius 1 is 1.15 bits per heavy atom. The molecule has 0 saturated carbocycles. The van der Waals surface area contributed by atoms with Crippen molar-refractivity contribution in [3.05, 3.63) is 24.3 Å². The van der Waals surface area contributed by atoms with Crippen LogP contribution in [0, 0.1) is 0 Å². The number of nitrogen functional groups attached to an aromatic ring is 1. The third-order valence-electron chi connectivity index (χ3n) is 3.93. The van der Waals surface area contributed by atoms with Crippen LogP contribution in [0.2, 0.25) is 0 Å². The molecule has 1 fully saturated rings. The lowest BCUT2D eigenvalue weighted by atomic mass is 10.2. The van der Waals surface area contributed by atoms with E-state index in [1.165, 1.54) is 26.2 Å². The van der Waals surface area contributed by atoms with Crippen molar-refractivity contribution < 1.29 is 4.74 Å². The second-order valence-electron chi connectivity index (χ2n) is 5.71. The molecule has 0 amide bonds. The molecule has 1 aromatic rings. The van der Waals surface area contributed by atoms with E-state index in [1.807, 2.05) is 24.3 Å². The van der Waals surface area contributed by atoms with Crippen LogP contribution < -0.4 is 10.5 Å². The molecule has 4 heteroatoms. The van der Waals surface area contributed by atoms with Gasteiger partial charge in [0.15, 0.2) is 0 Å². The average Bonchev–Trinajstić information content (AvgIpc) is 2.46. The van der Waals surface area contributed by atoms with E-state index >= 15 is 0 Å². The average molecular weight is 277 g/mol. The fourth-order valence-corrected chi connectivity index (χ4v) is 2.59. The van der Waals surface area contributed by atoms with E-state index in [0.717, 1.165) is 31.0 Å². The quantitative estimate of drug-likeness (QED) is 0.638. The molecule has 0 unspecified atom stereocenters. The maximum absolute atomic E-state index is 5.85. The van der Waals surface area contributed by atoms with Gasteiger partial charge in [-0.2, -0.15) is 0 Å². The van der Waals surface area contributed by atoms with Crippen LogP contribution in [-0.4, -0.2) is 55.2 Å². The number of nitrogens with two attached hydrogens (primary N) is 1. The van der Waals surface area contributed by atoms with Crippen LogP contribution >= 0.6 is 0 Å². The molecule has 2 N–H and O–H groups in total. The zero-order valence-corrected chi connectivity index (χ0v) is 12.7. The summed E-state index contributed by atoms with van der Waals surface area (Å²) in [6.45, 7) is 11.1. The summed E-state index contributed by atoms with van der Waals surface area (Å²) in [7, 11) is 0. The first-order valence-corrected chi connectivity index (χ1v) is 7.60. The van der Waals surface area contributed by atoms with Gasteiger partial charge < -0.3 is 15.4 Å². The Labute approximate surface area is 122 Å². The van der Waals surface area contributed by atoms with Gasteiger partial charge in [0.05, 0.1) is 12.3 Å². The summed E-state index contributed by atoms with van der Waals surface area (Å²) in [6.07, 6.45) is 1.05. The van der Waals surface area contributed by atoms with Crippen molar-refractivity contribution in [2.45, 2.75) is 26.3 Å². The van der Waals surface area contributed by atoms with Crippen molar-refractivity contribution in [2.75, 3.05) is 45.1 Å². The maximum atomic E-state index is 5.85. The number of anilines is 1. The van der Waals surface area contributed by atoms with Gasteiger partial charge in [0.1, 0.15) is 5.75 Å². The molecule has 1 saturated heterocycles. The maximum Gasteiger partial charge on any atom is 0.142 e. The minimum Gasteiger partial charge on any atom is -0.491 e. The first-order valence-electron chi connectivity index (χ1n) is 7.60. The standard InChI is InChI=1S/C16H27N3O/c1-14(2)19-11-9-18(10-12-19)8-5-13-20-16-7-4-3-6-15(16)17/h3-4,6-7,14H,5,8-13,17H2,1-2H3. The molecule has 0 aromatic heterocycles. The molecular formula is C16H27N3O. The summed E-state index contributed by atoms with van der Waals surface area (Å²) >= 11 is 0. The zero-order chi connectivity index (χ0) is 14.4. The minimum absolute atomic E-state index is 0.668. The van der Waals surface area contributed by atoms with Crippen molar-refractivity contribution in [1.29, 1.82) is 0 Å². The molecule has 1 heterocycles. The topological polar surface area (TPSA) is 41.7 Å². The smallest absolute Gasteiger partial charge is 0.142 e. The molecule has 0 radical (unpaired) electrons. The number of rotatable bonds is 6. The lowest BCUT2D eigenvalue weighted by Crippen LogP contribution is -2.49. The van der Waals surface area contributed by atoms with Gasteiger partial charge in [0, 0.05) is 38.8 Å². The Kier molecular flexibility index (Phi) is 5.68. The largest absolute Gasteiger partial charge is 0.491 e. The summed E-state index contributed by atoms with van der Waals surface area (Å²) in [6, 6.07) is 8.35. The first kappa shape index (κ1) is 15.1. The van der Waals surface area contributed by atoms with E-state index in [0.29, 0.717) is 6.04 Å². The monoisotopic (exact) mass is 277 g/mol. The normalized spacial score (nSPS) is 17.6. The number of ether oxygens (including phenoxy) is 1. The van der Waals surface area contributed by atoms with Gasteiger partial charge >= 0.3 is 0 Å². The molecule has 0 aliphatic carbocycles. The number of nitrogens with zero attached hydrogens (tertiary/aromatic N) is 2. The molecule has 112 valence electrons. The Morgan fingerprint density at radius 2 is 1.85 bits per heavy atom. The minimum atomic E-state index is 0.668. The SMILES string of the molecule is CC(C)N1CCN(CCCOc2ccccc2N)CC1. The van der Waals surface area contributed by atoms with E-state index < -0.39 is 0 Å². The van der Waals surface area contributed by atoms with Crippen molar-refractivity contribution in [2.24, 2.45) is 0 Å². The van der Waals surface area contributed by atoms with Crippen LogP contribution in [0.3, 0.4) is 0 Å². The van der Waals surface area contributed by atoms with Crippen LogP contribution in [0.25, 0.3) is 0 Å². The zero-order valence-electron chi connectivity index (χ0n) is 12.7. The molecule has 4 nitrogen and oxygen atoms in total. The Bertz CT molecular complexity index is 400. The molecule has 0 spiro atoms. The fourth-order valence-electron chi connectivity index (χ4n) is 2.59. The molecule has 1 aliphatic rings. The highest BCUT2D eigenvalue weighted by Crippen LogP contribution is 2.19. The van der Waals surface area contributed by atoms with Crippen molar-refractivity contribution in [3.63, 3.8) is 0 Å². The van der Waals surface area contributed by atoms with Crippen LogP contribution in [0.1, 0.15) is 20.3 Å². The van der Waals surface area contributed by atoms with E-state index in [1.54, 1.807) is 0 Å². The molecule has 0 atom stereocenters. The van der Waals surface area contributed by atoms with Gasteiger partial charge in [0.2, 0.25) is 0 Å². The van der Waals surface area contributed by atoms with Gasteiger partial charge in [-0.05, 0) is 32.4 Å². The number of hydrogen-bond acceptors (Lipinski definition) is 4. The lowest BCUT2D eigenvalue weighted by molar-refractivity contribution is 0.104. The van der Waals surface area contributed by atoms with Gasteiger partial charge in [0.25, 0.3) is 0 Å². The number of hydrogen-bond donors (Lipinski definition) is 1. The van der Waals surface area contributed by atoms with E-state index in [-0.39, 0.29) is 0 Å². The van der Waals surface area contributed by atoms with Crippen molar-refractivity contribution >= 4 is 5.69 Å². The summed E-state index contributed by atoms with van der Waals surface area (Å²) in [5.74, 6) is 0.803. The van der Waals surface area contributed by atoms with Crippen LogP contribution in [0.15, 0.2) is 24.3 Å². The predicted molar refractivity (Wildman–Crippen MR) is 84.1 cm³/mol. The molecule has 0 bridgehead atoms. The third kappa shape index (κ3) is 4.39. The Morgan fingerprint density at radius 3 is 2.50 bits per heavy atom. The van der Waals surface area contributed by atoms with E-state index in [2.05, 4.69) is 23.6 Å². The Hall–Kier alpha value is -1.26. The summed E-state index contributed by atoms with van der Waals surface area (Å²) in [5, 5.41) is 0. The van der Waals surface area contributed by atoms with Crippen LogP contribution in [0.4, 0.5) is 5.69 Å². The number of piperazine rings is 1. The summed E-state index contributed by atoms with van der Waals surface area (Å²) < 4.78 is 5.73. The molecule has 1 aliphatic heterocycles. The first-order chi connectivity index (χ1) is 9.66. The van der Waals surface area contributed by atoms with Gasteiger partial charge in [-0.25, -0.2) is 0 Å². The highest BCUT2D eigenvalue weighted by atomic mass is 16.5. The molecule has 2 rings (SSSR count). The molecule has 1 aromatic carbocycles. The van der Waals surface area contributed by atoms with Crippen molar-refractivity contribution in [3.8, 4) is 5.75 Å². The third-order valence-corrected chi connectivity index (χ3v) is 3.93. The number of benzene rings is 1. The van der Waals surface area contributed by atoms with Crippen molar-refractivity contribution in [1.82, 2.24) is 9.80 Å². The lowest BCUT2D eigenvalue weighted by Gasteiger charge is -2.36. The predicted octanol–water partition coefficient (Wildman–Crippen LogP) is 2.06. The fraction of sp³-hybridized carbons (Fsp3) is 0.625. The second-order valence-corrected chi connectivity index (χ2v) is 5.71. The highest BCUT2D eigenvalue weighted by Gasteiger charge is 2.18. The molecule has 20 heavy (non-hydrogen) atoms. The van der Waals surface area contributed by atoms with E-state index in [9.17, 15) is 0 Å². The summed E-state index contributed by atoms with van der Waals surface area (Å²) in [4.78, 5) is 5.06. The van der Waals surface area contributed by atoms with Gasteiger partial charge in [-0.3, -0.25) is 4.90 Å². The van der Waals surface area contributed by atoms with Gasteiger partial charge in [-0.1, -0.05) is 12.1 Å². The molecular weight excluding hydrogens is 250 g/mol. The van der Waals surface area contributed by atoms with Crippen LogP contribution in [0.5, 0.6) is 5.75 Å². The second kappa shape index (κ2) is 7.50. The summed E-state index contributed by atoms with van der Waals surface area (Å²) in [5.41, 5.74) is 6.57. The number of para-hydroxylation sites is 2. The Balaban J connectivity index is 1.62. The highest BCUT2D eigenvalue weighted by molar-refractivity contribution is 5.51. The van der Waals surface area contributed by atoms with Gasteiger partial charge in [-0.15, -0.1) is 0 Å². The van der Waals surface area contributed by atoms with Crippen LogP contribution in [-0.2, 0) is 0 Å².